The summed E-state index contributed by atoms with van der Waals surface area (Å²) < 4.78 is 22.5. The van der Waals surface area contributed by atoms with E-state index >= 15 is 0 Å². The van der Waals surface area contributed by atoms with Crippen molar-refractivity contribution < 1.29 is 33.3 Å². The van der Waals surface area contributed by atoms with Crippen LogP contribution in [0.2, 0.25) is 5.54 Å². The molecular formula is C35H47N4O7Si. The highest BCUT2D eigenvalue weighted by Crippen LogP contribution is 2.38. The molecule has 1 saturated heterocycles. The van der Waals surface area contributed by atoms with Crippen LogP contribution in [0.4, 0.5) is 4.79 Å². The van der Waals surface area contributed by atoms with Crippen molar-refractivity contribution in [3.8, 4) is 11.6 Å². The number of hydrogen-bond acceptors (Lipinski definition) is 9. The van der Waals surface area contributed by atoms with Crippen LogP contribution < -0.4 is 14.8 Å². The van der Waals surface area contributed by atoms with Crippen molar-refractivity contribution in [2.45, 2.75) is 96.1 Å². The molecule has 2 aliphatic rings. The first-order valence-corrected chi connectivity index (χ1v) is 16.8. The summed E-state index contributed by atoms with van der Waals surface area (Å²) in [5.41, 5.74) is 0.533. The van der Waals surface area contributed by atoms with E-state index in [1.54, 1.807) is 19.3 Å². The molecule has 6 unspecified atom stereocenters. The zero-order chi connectivity index (χ0) is 34.3. The molecule has 2 amide bonds. The molecule has 4 rings (SSSR count). The van der Waals surface area contributed by atoms with Crippen LogP contribution in [0.25, 0.3) is 11.0 Å². The highest BCUT2D eigenvalue weighted by molar-refractivity contribution is 6.24. The highest BCUT2D eigenvalue weighted by atomic mass is 28.1. The normalized spacial score (nSPS) is 22.1. The summed E-state index contributed by atoms with van der Waals surface area (Å²) in [5.74, 6) is 0.340. The lowest BCUT2D eigenvalue weighted by atomic mass is 9.84. The number of fused-ring (bicyclic) bond motifs is 1. The lowest BCUT2D eigenvalue weighted by Gasteiger charge is -2.37. The average Bonchev–Trinajstić information content (AvgIpc) is 3.64. The van der Waals surface area contributed by atoms with Crippen LogP contribution >= 0.6 is 0 Å². The number of carbonyl (C=O) groups excluding carboxylic acids is 3. The Labute approximate surface area is 280 Å². The molecule has 0 bridgehead atoms. The second-order valence-electron chi connectivity index (χ2n) is 13.2. The van der Waals surface area contributed by atoms with Crippen molar-refractivity contribution in [1.29, 1.82) is 0 Å². The van der Waals surface area contributed by atoms with Gasteiger partial charge in [-0.1, -0.05) is 45.9 Å². The van der Waals surface area contributed by atoms with Gasteiger partial charge in [-0.2, -0.15) is 0 Å². The summed E-state index contributed by atoms with van der Waals surface area (Å²) in [7, 11) is 6.52. The number of aryl methyl sites for hydroxylation is 1. The summed E-state index contributed by atoms with van der Waals surface area (Å²) in [6, 6.07) is 3.89. The third kappa shape index (κ3) is 9.12. The average molecular weight is 664 g/mol. The quantitative estimate of drug-likeness (QED) is 0.166. The third-order valence-electron chi connectivity index (χ3n) is 8.55. The number of amides is 2. The molecule has 47 heavy (non-hydrogen) atoms. The molecule has 3 radical (unpaired) electrons. The smallest absolute Gasteiger partial charge is 0.407 e. The minimum atomic E-state index is -0.891. The number of nitrogens with zero attached hydrogens (tertiary/aromatic N) is 3. The predicted molar refractivity (Wildman–Crippen MR) is 179 cm³/mol. The first-order valence-electron chi connectivity index (χ1n) is 16.2. The molecule has 1 N–H and O–H groups in total. The fourth-order valence-electron chi connectivity index (χ4n) is 5.79. The Balaban J connectivity index is 1.51. The van der Waals surface area contributed by atoms with Gasteiger partial charge >= 0.3 is 12.1 Å². The lowest BCUT2D eigenvalue weighted by Crippen LogP contribution is -2.53. The van der Waals surface area contributed by atoms with E-state index in [1.807, 2.05) is 32.9 Å². The Morgan fingerprint density at radius 2 is 1.91 bits per heavy atom. The second-order valence-corrected chi connectivity index (χ2v) is 13.8. The number of ether oxygens (including phenoxy) is 4. The van der Waals surface area contributed by atoms with Crippen molar-refractivity contribution >= 4 is 39.2 Å². The van der Waals surface area contributed by atoms with Gasteiger partial charge in [0.15, 0.2) is 0 Å². The van der Waals surface area contributed by atoms with Gasteiger partial charge in [-0.15, -0.1) is 6.58 Å². The van der Waals surface area contributed by atoms with Gasteiger partial charge in [-0.25, -0.2) is 19.6 Å². The number of hydrogen-bond donors (Lipinski definition) is 1. The predicted octanol–water partition coefficient (Wildman–Crippen LogP) is 5.12. The van der Waals surface area contributed by atoms with Crippen LogP contribution in [0.1, 0.15) is 65.5 Å². The van der Waals surface area contributed by atoms with Gasteiger partial charge in [-0.05, 0) is 49.7 Å². The summed E-state index contributed by atoms with van der Waals surface area (Å²) in [5, 5.41) is 2.92. The number of alkyl carbamates (subject to hydrolysis) is 1. The van der Waals surface area contributed by atoms with Crippen LogP contribution in [0.15, 0.2) is 43.0 Å². The van der Waals surface area contributed by atoms with Crippen molar-refractivity contribution in [3.63, 3.8) is 0 Å². The van der Waals surface area contributed by atoms with Crippen molar-refractivity contribution in [2.24, 2.45) is 11.3 Å². The summed E-state index contributed by atoms with van der Waals surface area (Å²) in [6.45, 7) is 11.8. The van der Waals surface area contributed by atoms with E-state index < -0.39 is 41.2 Å². The maximum atomic E-state index is 14.1. The number of aromatic nitrogens is 2. The zero-order valence-corrected chi connectivity index (χ0v) is 29.3. The molecule has 1 aromatic carbocycles. The minimum Gasteiger partial charge on any atom is -0.497 e. The van der Waals surface area contributed by atoms with Crippen LogP contribution in [-0.2, 0) is 25.5 Å². The fourth-order valence-corrected chi connectivity index (χ4v) is 6.54. The fraction of sp³-hybridized carbons (Fsp3) is 0.571. The molecule has 1 aliphatic heterocycles. The number of carbonyl (C=O) groups is 3. The van der Waals surface area contributed by atoms with Gasteiger partial charge in [0.1, 0.15) is 29.7 Å². The minimum absolute atomic E-state index is 0.106. The van der Waals surface area contributed by atoms with Gasteiger partial charge in [0.25, 0.3) is 0 Å². The van der Waals surface area contributed by atoms with Crippen LogP contribution in [0.3, 0.4) is 0 Å². The molecule has 0 spiro atoms. The van der Waals surface area contributed by atoms with Gasteiger partial charge < -0.3 is 29.2 Å². The van der Waals surface area contributed by atoms with E-state index in [2.05, 4.69) is 41.2 Å². The number of methoxy groups -OCH3 is 2. The van der Waals surface area contributed by atoms with E-state index in [4.69, 9.17) is 28.9 Å². The molecule has 1 aliphatic carbocycles. The number of rotatable bonds is 14. The molecule has 12 heteroatoms. The molecule has 253 valence electrons. The third-order valence-corrected chi connectivity index (χ3v) is 9.13. The molecular weight excluding hydrogens is 616 g/mol. The Hall–Kier alpha value is -3.93. The monoisotopic (exact) mass is 663 g/mol. The molecule has 6 atom stereocenters. The zero-order valence-electron chi connectivity index (χ0n) is 28.3. The largest absolute Gasteiger partial charge is 0.497 e. The van der Waals surface area contributed by atoms with E-state index in [9.17, 15) is 14.4 Å². The summed E-state index contributed by atoms with van der Waals surface area (Å²) >= 11 is 0. The van der Waals surface area contributed by atoms with E-state index in [0.29, 0.717) is 47.1 Å². The maximum Gasteiger partial charge on any atom is 0.407 e. The standard InChI is InChI=1S/C35H47N4O7Si/c1-8-10-12-13-21-17-28(21)46-34(42)38-30(35(3,4)5)29(47)32(40)39-20-23(19-27(39)33(41)44-7)45-31-25(14-11-9-2)36-24-16-15-22(43-6)18-26(24)37-31/h9-10,12,15-16,18,21,23,27-30H,2,8,11,13-14,17,19-20H2,1,3-7H3,(H,38,42). The molecule has 2 heterocycles. The number of benzene rings is 1. The number of esters is 1. The molecule has 1 saturated carbocycles. The van der Waals surface area contributed by atoms with Gasteiger partial charge in [0.2, 0.25) is 11.8 Å². The number of allylic oxidation sites excluding steroid dienone is 3. The van der Waals surface area contributed by atoms with Gasteiger partial charge in [0.05, 0.1) is 31.8 Å². The molecule has 11 nitrogen and oxygen atoms in total. The van der Waals surface area contributed by atoms with Gasteiger partial charge in [-0.3, -0.25) is 4.79 Å². The van der Waals surface area contributed by atoms with Crippen LogP contribution in [0.5, 0.6) is 11.6 Å². The maximum absolute atomic E-state index is 14.1. The van der Waals surface area contributed by atoms with E-state index in [1.165, 1.54) is 12.0 Å². The Bertz CT molecular complexity index is 1480. The Morgan fingerprint density at radius 1 is 1.15 bits per heavy atom. The SMILES string of the molecule is C=CCCc1nc2ccc(OC)cc2nc1OC1CC(C(=O)OC)N(C(=O)C([Si])C(NC(=O)OC2CC2CC=CCC)C(C)(C)C)C1. The first-order chi connectivity index (χ1) is 22.4. The van der Waals surface area contributed by atoms with E-state index in [0.717, 1.165) is 19.3 Å². The van der Waals surface area contributed by atoms with Crippen LogP contribution in [0, 0.1) is 11.3 Å². The first kappa shape index (κ1) is 35.9. The summed E-state index contributed by atoms with van der Waals surface area (Å²) in [4.78, 5) is 51.0. The van der Waals surface area contributed by atoms with Crippen molar-refractivity contribution in [3.05, 3.63) is 48.7 Å². The molecule has 2 fully saturated rings. The number of likely N-dealkylation sites (tertiary alicyclic amines) is 1. The number of nitrogens with one attached hydrogen (secondary N) is 1. The van der Waals surface area contributed by atoms with E-state index in [-0.39, 0.29) is 25.0 Å². The van der Waals surface area contributed by atoms with Crippen molar-refractivity contribution in [1.82, 2.24) is 20.2 Å². The second kappa shape index (κ2) is 15.8. The Kier molecular flexibility index (Phi) is 12.1. The highest BCUT2D eigenvalue weighted by Gasteiger charge is 2.47. The topological polar surface area (TPSA) is 129 Å². The molecule has 2 aromatic rings. The van der Waals surface area contributed by atoms with Crippen molar-refractivity contribution in [2.75, 3.05) is 20.8 Å². The van der Waals surface area contributed by atoms with Crippen LogP contribution in [-0.4, -0.2) is 88.1 Å². The summed E-state index contributed by atoms with van der Waals surface area (Å²) in [6.07, 6.45) is 8.82. The Morgan fingerprint density at radius 3 is 2.57 bits per heavy atom. The molecule has 1 aromatic heterocycles. The van der Waals surface area contributed by atoms with Gasteiger partial charge in [0, 0.05) is 40.2 Å². The lowest BCUT2D eigenvalue weighted by molar-refractivity contribution is -0.151.